The predicted octanol–water partition coefficient (Wildman–Crippen LogP) is 3.14. The molecule has 3 aromatic rings. The van der Waals surface area contributed by atoms with Crippen molar-refractivity contribution < 1.29 is 14.7 Å². The maximum Gasteiger partial charge on any atom is 0.137 e. The Hall–Kier alpha value is -2.30. The number of aromatic amines is 1. The topological polar surface area (TPSA) is 49.7 Å². The molecule has 1 aromatic heterocycles. The van der Waals surface area contributed by atoms with Crippen molar-refractivity contribution in [3.05, 3.63) is 65.9 Å². The van der Waals surface area contributed by atoms with Gasteiger partial charge < -0.3 is 19.7 Å². The second-order valence-electron chi connectivity index (χ2n) is 8.66. The highest BCUT2D eigenvalue weighted by Crippen LogP contribution is 2.28. The van der Waals surface area contributed by atoms with Gasteiger partial charge in [-0.1, -0.05) is 36.4 Å². The van der Waals surface area contributed by atoms with Crippen LogP contribution < -0.4 is 9.64 Å². The van der Waals surface area contributed by atoms with Crippen LogP contribution >= 0.6 is 0 Å². The third-order valence-corrected chi connectivity index (χ3v) is 5.40. The molecule has 0 radical (unpaired) electrons. The first-order valence-corrected chi connectivity index (χ1v) is 10.1. The third kappa shape index (κ3) is 5.15. The second-order valence-corrected chi connectivity index (χ2v) is 8.66. The molecule has 4 nitrogen and oxygen atoms in total. The Kier molecular flexibility index (Phi) is 6.42. The van der Waals surface area contributed by atoms with Crippen LogP contribution in [0, 0.1) is 6.92 Å². The van der Waals surface area contributed by atoms with E-state index in [2.05, 4.69) is 56.9 Å². The second kappa shape index (κ2) is 8.80. The zero-order chi connectivity index (χ0) is 20.1. The predicted molar refractivity (Wildman–Crippen MR) is 115 cm³/mol. The molecule has 0 aliphatic heterocycles. The van der Waals surface area contributed by atoms with Gasteiger partial charge in [0, 0.05) is 23.5 Å². The van der Waals surface area contributed by atoms with Crippen molar-refractivity contribution in [2.45, 2.75) is 45.8 Å². The van der Waals surface area contributed by atoms with Gasteiger partial charge in [0.25, 0.3) is 0 Å². The molecular formula is C24H33N2O2+. The van der Waals surface area contributed by atoms with Crippen molar-refractivity contribution >= 4 is 10.9 Å². The number of aryl methyl sites for hydroxylation is 1. The minimum Gasteiger partial charge on any atom is -0.490 e. The molecule has 0 aliphatic carbocycles. The van der Waals surface area contributed by atoms with Crippen molar-refractivity contribution in [1.29, 1.82) is 0 Å². The Balaban J connectivity index is 1.60. The Morgan fingerprint density at radius 1 is 1.07 bits per heavy atom. The van der Waals surface area contributed by atoms with Crippen molar-refractivity contribution in [2.75, 3.05) is 19.7 Å². The molecule has 0 amide bonds. The fourth-order valence-electron chi connectivity index (χ4n) is 3.69. The highest BCUT2D eigenvalue weighted by atomic mass is 16.5. The average Bonchev–Trinajstić information content (AvgIpc) is 3.05. The van der Waals surface area contributed by atoms with E-state index in [9.17, 15) is 5.11 Å². The summed E-state index contributed by atoms with van der Waals surface area (Å²) < 4.78 is 6.01. The van der Waals surface area contributed by atoms with E-state index in [1.165, 1.54) is 10.5 Å². The van der Waals surface area contributed by atoms with Crippen LogP contribution in [-0.4, -0.2) is 41.4 Å². The van der Waals surface area contributed by atoms with Crippen molar-refractivity contribution in [1.82, 2.24) is 4.98 Å². The van der Waals surface area contributed by atoms with Gasteiger partial charge in [-0.15, -0.1) is 0 Å². The third-order valence-electron chi connectivity index (χ3n) is 5.40. The summed E-state index contributed by atoms with van der Waals surface area (Å²) in [6, 6.07) is 16.5. The minimum atomic E-state index is -0.514. The van der Waals surface area contributed by atoms with Crippen LogP contribution in [0.2, 0.25) is 0 Å². The quantitative estimate of drug-likeness (QED) is 0.561. The van der Waals surface area contributed by atoms with Crippen LogP contribution in [0.15, 0.2) is 54.7 Å². The lowest BCUT2D eigenvalue weighted by molar-refractivity contribution is -0.949. The largest absolute Gasteiger partial charge is 0.490 e. The molecule has 28 heavy (non-hydrogen) atoms. The number of aliphatic hydroxyl groups excluding tert-OH is 1. The zero-order valence-electron chi connectivity index (χ0n) is 17.5. The molecule has 0 saturated heterocycles. The summed E-state index contributed by atoms with van der Waals surface area (Å²) in [6.07, 6.45) is 2.48. The molecule has 3 rings (SSSR count). The lowest BCUT2D eigenvalue weighted by Crippen LogP contribution is -3.20. The summed E-state index contributed by atoms with van der Waals surface area (Å²) >= 11 is 0. The fraction of sp³-hybridized carbons (Fsp3) is 0.417. The molecule has 4 heteroatoms. The smallest absolute Gasteiger partial charge is 0.137 e. The first-order valence-electron chi connectivity index (χ1n) is 10.1. The maximum atomic E-state index is 10.7. The lowest BCUT2D eigenvalue weighted by atomic mass is 10.0. The van der Waals surface area contributed by atoms with Crippen molar-refractivity contribution in [3.8, 4) is 5.75 Å². The molecule has 2 atom stereocenters. The van der Waals surface area contributed by atoms with Gasteiger partial charge in [0.15, 0.2) is 0 Å². The Labute approximate surface area is 168 Å². The Bertz CT molecular complexity index is 881. The molecule has 1 unspecified atom stereocenters. The van der Waals surface area contributed by atoms with Crippen LogP contribution in [0.25, 0.3) is 10.9 Å². The number of benzene rings is 2. The Morgan fingerprint density at radius 2 is 1.82 bits per heavy atom. The SMILES string of the molecule is Cc1c[nH]c2cccc(OC[C@H](O)C[NH+](CCc3ccccc3)C(C)(C)C)c12. The van der Waals surface area contributed by atoms with E-state index in [0.717, 1.165) is 35.2 Å². The average molecular weight is 382 g/mol. The number of fused-ring (bicyclic) bond motifs is 1. The number of aromatic nitrogens is 1. The molecule has 0 saturated carbocycles. The lowest BCUT2D eigenvalue weighted by Gasteiger charge is -2.34. The number of rotatable bonds is 8. The van der Waals surface area contributed by atoms with Gasteiger partial charge in [-0.25, -0.2) is 0 Å². The van der Waals surface area contributed by atoms with Gasteiger partial charge in [0.1, 0.15) is 25.0 Å². The summed E-state index contributed by atoms with van der Waals surface area (Å²) in [7, 11) is 0. The molecule has 3 N–H and O–H groups in total. The molecule has 1 heterocycles. The maximum absolute atomic E-state index is 10.7. The van der Waals surface area contributed by atoms with E-state index in [4.69, 9.17) is 4.74 Å². The molecular weight excluding hydrogens is 348 g/mol. The normalized spacial score (nSPS) is 14.2. The molecule has 0 aliphatic rings. The van der Waals surface area contributed by atoms with Crippen LogP contribution in [0.4, 0.5) is 0 Å². The monoisotopic (exact) mass is 381 g/mol. The van der Waals surface area contributed by atoms with Gasteiger partial charge in [-0.05, 0) is 51.0 Å². The zero-order valence-corrected chi connectivity index (χ0v) is 17.5. The fourth-order valence-corrected chi connectivity index (χ4v) is 3.69. The number of aliphatic hydroxyl groups is 1. The van der Waals surface area contributed by atoms with Gasteiger partial charge in [0.2, 0.25) is 0 Å². The van der Waals surface area contributed by atoms with Gasteiger partial charge in [0.05, 0.1) is 12.1 Å². The number of quaternary nitrogens is 1. The van der Waals surface area contributed by atoms with Crippen LogP contribution in [0.1, 0.15) is 31.9 Å². The van der Waals surface area contributed by atoms with E-state index in [0.29, 0.717) is 13.2 Å². The number of H-pyrrole nitrogens is 1. The van der Waals surface area contributed by atoms with Gasteiger partial charge in [-0.2, -0.15) is 0 Å². The highest BCUT2D eigenvalue weighted by molar-refractivity contribution is 5.89. The van der Waals surface area contributed by atoms with Crippen LogP contribution in [0.3, 0.4) is 0 Å². The number of nitrogens with one attached hydrogen (secondary N) is 2. The van der Waals surface area contributed by atoms with E-state index in [-0.39, 0.29) is 5.54 Å². The molecule has 2 aromatic carbocycles. The summed E-state index contributed by atoms with van der Waals surface area (Å²) in [5.74, 6) is 0.830. The first-order chi connectivity index (χ1) is 13.3. The van der Waals surface area contributed by atoms with Crippen molar-refractivity contribution in [2.24, 2.45) is 0 Å². The molecule has 0 bridgehead atoms. The first kappa shape index (κ1) is 20.4. The standard InChI is InChI=1S/C24H32N2O2/c1-18-15-25-21-11-8-12-22(23(18)21)28-17-20(27)16-26(24(2,3)4)14-13-19-9-6-5-7-10-19/h5-12,15,20,25,27H,13-14,16-17H2,1-4H3/p+1/t20-/m1/s1. The van der Waals surface area contributed by atoms with E-state index >= 15 is 0 Å². The summed E-state index contributed by atoms with van der Waals surface area (Å²) in [4.78, 5) is 4.63. The molecule has 0 spiro atoms. The summed E-state index contributed by atoms with van der Waals surface area (Å²) in [6.45, 7) is 10.7. The number of hydrogen-bond acceptors (Lipinski definition) is 2. The van der Waals surface area contributed by atoms with E-state index in [1.54, 1.807) is 0 Å². The van der Waals surface area contributed by atoms with Crippen molar-refractivity contribution in [3.63, 3.8) is 0 Å². The number of ether oxygens (including phenoxy) is 1. The number of hydrogen-bond donors (Lipinski definition) is 3. The molecule has 150 valence electrons. The van der Waals surface area contributed by atoms with Gasteiger partial charge >= 0.3 is 0 Å². The van der Waals surface area contributed by atoms with Crippen LogP contribution in [-0.2, 0) is 6.42 Å². The summed E-state index contributed by atoms with van der Waals surface area (Å²) in [5, 5.41) is 11.8. The van der Waals surface area contributed by atoms with Crippen LogP contribution in [0.5, 0.6) is 5.75 Å². The van der Waals surface area contributed by atoms with Gasteiger partial charge in [-0.3, -0.25) is 0 Å². The highest BCUT2D eigenvalue weighted by Gasteiger charge is 2.27. The van der Waals surface area contributed by atoms with E-state index < -0.39 is 6.10 Å². The summed E-state index contributed by atoms with van der Waals surface area (Å²) in [5.41, 5.74) is 3.62. The minimum absolute atomic E-state index is 0.0625. The molecule has 0 fully saturated rings. The Morgan fingerprint density at radius 3 is 2.54 bits per heavy atom. The van der Waals surface area contributed by atoms with E-state index in [1.807, 2.05) is 30.5 Å².